The third-order valence-corrected chi connectivity index (χ3v) is 5.34. The molecule has 0 spiro atoms. The maximum Gasteiger partial charge on any atom is 0.278 e. The number of aromatic nitrogens is 3. The van der Waals surface area contributed by atoms with Crippen LogP contribution in [-0.4, -0.2) is 14.5 Å². The van der Waals surface area contributed by atoms with Gasteiger partial charge in [-0.1, -0.05) is 23.7 Å². The summed E-state index contributed by atoms with van der Waals surface area (Å²) in [6.45, 7) is 4.73. The standard InChI is InChI=1S/C22H20ClN3O2/c1-13-9-17-18(10-14(13)2)26(8-4-6-15-5-3-7-16(23)11-15)19-12-20(27)25-22(28)21(19)24-17/h3,5,7,9-12H,4,6,8H2,1-2H3,(H,25,27,28). The van der Waals surface area contributed by atoms with Crippen LogP contribution in [0.5, 0.6) is 0 Å². The highest BCUT2D eigenvalue weighted by Crippen LogP contribution is 2.25. The fraction of sp³-hybridized carbons (Fsp3) is 0.227. The van der Waals surface area contributed by atoms with Crippen LogP contribution in [0.3, 0.4) is 0 Å². The number of nitrogens with zero attached hydrogens (tertiary/aromatic N) is 2. The van der Waals surface area contributed by atoms with Crippen LogP contribution in [0, 0.1) is 13.8 Å². The maximum atomic E-state index is 12.3. The Hall–Kier alpha value is -2.92. The number of fused-ring (bicyclic) bond motifs is 2. The van der Waals surface area contributed by atoms with E-state index in [9.17, 15) is 9.59 Å². The Morgan fingerprint density at radius 1 is 1.07 bits per heavy atom. The van der Waals surface area contributed by atoms with Crippen molar-refractivity contribution in [3.63, 3.8) is 0 Å². The lowest BCUT2D eigenvalue weighted by atomic mass is 10.1. The molecule has 0 saturated heterocycles. The van der Waals surface area contributed by atoms with E-state index >= 15 is 0 Å². The molecular weight excluding hydrogens is 374 g/mol. The molecule has 5 nitrogen and oxygen atoms in total. The van der Waals surface area contributed by atoms with Crippen molar-refractivity contribution in [2.75, 3.05) is 0 Å². The van der Waals surface area contributed by atoms with E-state index in [0.717, 1.165) is 45.6 Å². The molecule has 1 N–H and O–H groups in total. The van der Waals surface area contributed by atoms with Gasteiger partial charge in [0.15, 0.2) is 5.69 Å². The monoisotopic (exact) mass is 393 g/mol. The van der Waals surface area contributed by atoms with Crippen molar-refractivity contribution in [3.05, 3.63) is 84.9 Å². The summed E-state index contributed by atoms with van der Waals surface area (Å²) in [6.07, 6.45) is 1.68. The van der Waals surface area contributed by atoms with Crippen LogP contribution < -0.4 is 11.1 Å². The molecule has 0 atom stereocenters. The number of nitrogens with one attached hydrogen (secondary N) is 1. The van der Waals surface area contributed by atoms with Crippen LogP contribution >= 0.6 is 11.6 Å². The summed E-state index contributed by atoms with van der Waals surface area (Å²) in [5, 5.41) is 0.721. The van der Waals surface area contributed by atoms with E-state index < -0.39 is 11.1 Å². The third kappa shape index (κ3) is 3.45. The molecule has 2 heterocycles. The summed E-state index contributed by atoms with van der Waals surface area (Å²) < 4.78 is 2.03. The molecule has 0 fully saturated rings. The van der Waals surface area contributed by atoms with Crippen molar-refractivity contribution in [1.82, 2.24) is 14.5 Å². The second-order valence-corrected chi connectivity index (χ2v) is 7.56. The van der Waals surface area contributed by atoms with Crippen molar-refractivity contribution in [2.45, 2.75) is 33.2 Å². The maximum absolute atomic E-state index is 12.3. The van der Waals surface area contributed by atoms with Crippen LogP contribution in [0.25, 0.3) is 22.4 Å². The van der Waals surface area contributed by atoms with Gasteiger partial charge in [-0.25, -0.2) is 4.98 Å². The fourth-order valence-electron chi connectivity index (χ4n) is 3.55. The number of aromatic amines is 1. The van der Waals surface area contributed by atoms with Gasteiger partial charge in [-0.15, -0.1) is 0 Å². The molecule has 0 saturated carbocycles. The van der Waals surface area contributed by atoms with Crippen molar-refractivity contribution >= 4 is 22.6 Å². The van der Waals surface area contributed by atoms with Crippen LogP contribution in [0.15, 0.2) is 52.1 Å². The second kappa shape index (κ2) is 7.24. The number of hydrogen-bond acceptors (Lipinski definition) is 3. The summed E-state index contributed by atoms with van der Waals surface area (Å²) in [6, 6.07) is 13.3. The number of rotatable bonds is 4. The number of halogens is 1. The first kappa shape index (κ1) is 18.4. The Labute approximate surface area is 167 Å². The predicted octanol–water partition coefficient (Wildman–Crippen LogP) is 4.09. The summed E-state index contributed by atoms with van der Waals surface area (Å²) in [4.78, 5) is 31.1. The van der Waals surface area contributed by atoms with Gasteiger partial charge >= 0.3 is 0 Å². The first-order valence-corrected chi connectivity index (χ1v) is 9.59. The first-order valence-electron chi connectivity index (χ1n) is 9.21. The minimum Gasteiger partial charge on any atom is -0.338 e. The highest BCUT2D eigenvalue weighted by molar-refractivity contribution is 6.30. The molecular formula is C22H20ClN3O2. The molecule has 0 radical (unpaired) electrons. The van der Waals surface area contributed by atoms with Crippen molar-refractivity contribution in [2.24, 2.45) is 0 Å². The minimum absolute atomic E-state index is 0.290. The normalized spacial score (nSPS) is 11.4. The van der Waals surface area contributed by atoms with Crippen molar-refractivity contribution < 1.29 is 0 Å². The zero-order chi connectivity index (χ0) is 19.8. The molecule has 4 rings (SSSR count). The molecule has 0 amide bonds. The summed E-state index contributed by atoms with van der Waals surface area (Å²) in [5.41, 5.74) is 5.08. The van der Waals surface area contributed by atoms with Gasteiger partial charge in [-0.2, -0.15) is 0 Å². The Kier molecular flexibility index (Phi) is 4.77. The van der Waals surface area contributed by atoms with Gasteiger partial charge in [-0.05, 0) is 67.6 Å². The van der Waals surface area contributed by atoms with Gasteiger partial charge < -0.3 is 4.57 Å². The number of hydrogen-bond donors (Lipinski definition) is 1. The Morgan fingerprint density at radius 2 is 1.86 bits per heavy atom. The molecule has 0 bridgehead atoms. The van der Waals surface area contributed by atoms with Gasteiger partial charge in [0.25, 0.3) is 11.1 Å². The smallest absolute Gasteiger partial charge is 0.278 e. The highest BCUT2D eigenvalue weighted by atomic mass is 35.5. The molecule has 142 valence electrons. The zero-order valence-electron chi connectivity index (χ0n) is 15.8. The van der Waals surface area contributed by atoms with E-state index in [2.05, 4.69) is 16.0 Å². The summed E-state index contributed by atoms with van der Waals surface area (Å²) in [7, 11) is 0. The number of benzene rings is 2. The lowest BCUT2D eigenvalue weighted by Gasteiger charge is -2.19. The van der Waals surface area contributed by atoms with Gasteiger partial charge in [-0.3, -0.25) is 14.6 Å². The quantitative estimate of drug-likeness (QED) is 0.531. The Morgan fingerprint density at radius 3 is 2.64 bits per heavy atom. The van der Waals surface area contributed by atoms with E-state index in [1.807, 2.05) is 48.7 Å². The molecule has 0 unspecified atom stereocenters. The second-order valence-electron chi connectivity index (χ2n) is 7.12. The Bertz CT molecular complexity index is 1270. The van der Waals surface area contributed by atoms with Gasteiger partial charge in [0, 0.05) is 17.6 Å². The molecule has 0 aliphatic carbocycles. The lowest BCUT2D eigenvalue weighted by Crippen LogP contribution is -2.25. The fourth-order valence-corrected chi connectivity index (χ4v) is 3.76. The van der Waals surface area contributed by atoms with Gasteiger partial charge in [0.2, 0.25) is 0 Å². The lowest BCUT2D eigenvalue weighted by molar-refractivity contribution is 0.659. The number of pyridine rings is 1. The molecule has 2 aromatic carbocycles. The van der Waals surface area contributed by atoms with E-state index in [-0.39, 0.29) is 5.69 Å². The topological polar surface area (TPSA) is 67.8 Å². The van der Waals surface area contributed by atoms with Gasteiger partial charge in [0.1, 0.15) is 0 Å². The van der Waals surface area contributed by atoms with Crippen molar-refractivity contribution in [1.29, 1.82) is 0 Å². The molecule has 2 aromatic rings. The van der Waals surface area contributed by atoms with Crippen LogP contribution in [0.4, 0.5) is 0 Å². The van der Waals surface area contributed by atoms with E-state index in [0.29, 0.717) is 12.2 Å². The molecule has 28 heavy (non-hydrogen) atoms. The van der Waals surface area contributed by atoms with E-state index in [1.165, 1.54) is 6.07 Å². The average Bonchev–Trinajstić information content (AvgIpc) is 2.63. The SMILES string of the molecule is Cc1cc2nc3c(=O)[nH]c(=O)cc-3n(CCCc3cccc(Cl)c3)c2cc1C. The van der Waals surface area contributed by atoms with Crippen LogP contribution in [0.2, 0.25) is 5.02 Å². The van der Waals surface area contributed by atoms with Gasteiger partial charge in [0.05, 0.1) is 16.7 Å². The molecule has 0 aromatic heterocycles. The molecule has 6 heteroatoms. The minimum atomic E-state index is -0.453. The largest absolute Gasteiger partial charge is 0.338 e. The van der Waals surface area contributed by atoms with Crippen molar-refractivity contribution in [3.8, 4) is 11.4 Å². The average molecular weight is 394 g/mol. The van der Waals surface area contributed by atoms with E-state index in [1.54, 1.807) is 0 Å². The first-order chi connectivity index (χ1) is 13.4. The van der Waals surface area contributed by atoms with Crippen LogP contribution in [0.1, 0.15) is 23.1 Å². The Balaban J connectivity index is 1.82. The highest BCUT2D eigenvalue weighted by Gasteiger charge is 2.17. The third-order valence-electron chi connectivity index (χ3n) is 5.10. The summed E-state index contributed by atoms with van der Waals surface area (Å²) >= 11 is 6.08. The molecule has 2 aliphatic heterocycles. The number of aryl methyl sites for hydroxylation is 4. The summed E-state index contributed by atoms with van der Waals surface area (Å²) in [5.74, 6) is 0. The zero-order valence-corrected chi connectivity index (χ0v) is 16.5. The van der Waals surface area contributed by atoms with E-state index in [4.69, 9.17) is 11.6 Å². The van der Waals surface area contributed by atoms with Crippen LogP contribution in [-0.2, 0) is 13.0 Å². The molecule has 2 aliphatic rings. The number of H-pyrrole nitrogens is 1. The predicted molar refractivity (Wildman–Crippen MR) is 112 cm³/mol.